The summed E-state index contributed by atoms with van der Waals surface area (Å²) in [6.07, 6.45) is -2.39. The van der Waals surface area contributed by atoms with Crippen LogP contribution < -0.4 is 5.73 Å². The molecule has 1 aliphatic rings. The lowest BCUT2D eigenvalue weighted by atomic mass is 9.97. The minimum atomic E-state index is -4.41. The molecule has 3 aromatic carbocycles. The summed E-state index contributed by atoms with van der Waals surface area (Å²) in [4.78, 5) is 2.10. The molecule has 0 saturated carbocycles. The topological polar surface area (TPSA) is 47.1 Å². The largest absolute Gasteiger partial charge is 0.416 e. The van der Waals surface area contributed by atoms with Crippen LogP contribution >= 0.6 is 0 Å². The molecule has 0 aliphatic carbocycles. The van der Waals surface area contributed by atoms with Crippen LogP contribution in [0.2, 0.25) is 0 Å². The molecule has 0 spiro atoms. The summed E-state index contributed by atoms with van der Waals surface area (Å²) >= 11 is 0. The number of benzene rings is 3. The standard InChI is InChI=1S/C31H31F5N4/c1-4-19-7-6-8-20(5-2)29(19)40-30(23-14-26(33)27(37)15-25(23)32)24-17-39(12-11-28(24)38-40)16-21-9-10-22(13-18(21)3)31(34,35)36/h6-10,13-15H,4-5,11-12,16-17,37H2,1-3H3. The van der Waals surface area contributed by atoms with E-state index in [4.69, 9.17) is 10.8 Å². The maximum Gasteiger partial charge on any atom is 0.416 e. The van der Waals surface area contributed by atoms with Crippen molar-refractivity contribution in [3.8, 4) is 16.9 Å². The van der Waals surface area contributed by atoms with Gasteiger partial charge < -0.3 is 5.73 Å². The van der Waals surface area contributed by atoms with Crippen molar-refractivity contribution in [1.29, 1.82) is 0 Å². The van der Waals surface area contributed by atoms with Crippen LogP contribution in [0.4, 0.5) is 27.6 Å². The third-order valence-corrected chi connectivity index (χ3v) is 7.70. The highest BCUT2D eigenvalue weighted by molar-refractivity contribution is 5.71. The molecule has 5 rings (SSSR count). The van der Waals surface area contributed by atoms with Crippen molar-refractivity contribution in [2.24, 2.45) is 0 Å². The number of fused-ring (bicyclic) bond motifs is 1. The molecular formula is C31H31F5N4. The highest BCUT2D eigenvalue weighted by atomic mass is 19.4. The van der Waals surface area contributed by atoms with Crippen molar-refractivity contribution >= 4 is 5.69 Å². The fourth-order valence-corrected chi connectivity index (χ4v) is 5.52. The van der Waals surface area contributed by atoms with Crippen molar-refractivity contribution in [3.05, 3.63) is 99.2 Å². The van der Waals surface area contributed by atoms with Crippen molar-refractivity contribution < 1.29 is 22.0 Å². The van der Waals surface area contributed by atoms with Gasteiger partial charge in [0.2, 0.25) is 0 Å². The van der Waals surface area contributed by atoms with Crippen LogP contribution in [-0.2, 0) is 38.5 Å². The second kappa shape index (κ2) is 10.7. The van der Waals surface area contributed by atoms with Crippen molar-refractivity contribution in [3.63, 3.8) is 0 Å². The molecule has 0 amide bonds. The van der Waals surface area contributed by atoms with E-state index in [2.05, 4.69) is 4.90 Å². The zero-order valence-corrected chi connectivity index (χ0v) is 22.7. The predicted octanol–water partition coefficient (Wildman–Crippen LogP) is 7.41. The quantitative estimate of drug-likeness (QED) is 0.199. The summed E-state index contributed by atoms with van der Waals surface area (Å²) in [5.74, 6) is -1.36. The lowest BCUT2D eigenvalue weighted by Crippen LogP contribution is -2.30. The summed E-state index contributed by atoms with van der Waals surface area (Å²) in [6, 6.07) is 11.9. The van der Waals surface area contributed by atoms with Crippen LogP contribution in [0.15, 0.2) is 48.5 Å². The van der Waals surface area contributed by atoms with Crippen LogP contribution in [0.25, 0.3) is 16.9 Å². The van der Waals surface area contributed by atoms with Crippen molar-refractivity contribution in [2.75, 3.05) is 12.3 Å². The first-order valence-corrected chi connectivity index (χ1v) is 13.4. The van der Waals surface area contributed by atoms with Gasteiger partial charge in [0.1, 0.15) is 11.6 Å². The molecule has 9 heteroatoms. The molecule has 210 valence electrons. The second-order valence-corrected chi connectivity index (χ2v) is 10.3. The van der Waals surface area contributed by atoms with Gasteiger partial charge in [0.15, 0.2) is 0 Å². The molecule has 0 bridgehead atoms. The van der Waals surface area contributed by atoms with Gasteiger partial charge in [-0.1, -0.05) is 38.1 Å². The Labute approximate surface area is 230 Å². The molecule has 0 fully saturated rings. The minimum absolute atomic E-state index is 0.0703. The average molecular weight is 555 g/mol. The highest BCUT2D eigenvalue weighted by Gasteiger charge is 2.32. The van der Waals surface area contributed by atoms with Gasteiger partial charge in [-0.2, -0.15) is 18.3 Å². The van der Waals surface area contributed by atoms with Gasteiger partial charge in [0.25, 0.3) is 0 Å². The number of nitrogens with two attached hydrogens (primary N) is 1. The van der Waals surface area contributed by atoms with Crippen LogP contribution in [0.3, 0.4) is 0 Å². The summed E-state index contributed by atoms with van der Waals surface area (Å²) < 4.78 is 71.5. The molecule has 1 aliphatic heterocycles. The Morgan fingerprint density at radius 3 is 2.25 bits per heavy atom. The molecule has 2 heterocycles. The molecular weight excluding hydrogens is 523 g/mol. The van der Waals surface area contributed by atoms with E-state index in [0.29, 0.717) is 37.3 Å². The third kappa shape index (κ3) is 5.10. The maximum absolute atomic E-state index is 15.5. The first kappa shape index (κ1) is 27.8. The predicted molar refractivity (Wildman–Crippen MR) is 146 cm³/mol. The second-order valence-electron chi connectivity index (χ2n) is 10.3. The fourth-order valence-electron chi connectivity index (χ4n) is 5.52. The van der Waals surface area contributed by atoms with Crippen molar-refractivity contribution in [2.45, 2.75) is 59.3 Å². The van der Waals surface area contributed by atoms with Gasteiger partial charge in [-0.15, -0.1) is 0 Å². The van der Waals surface area contributed by atoms with E-state index in [0.717, 1.165) is 70.7 Å². The normalized spacial score (nSPS) is 14.0. The van der Waals surface area contributed by atoms with Crippen LogP contribution in [0.5, 0.6) is 0 Å². The first-order valence-electron chi connectivity index (χ1n) is 13.4. The number of nitrogens with zero attached hydrogens (tertiary/aromatic N) is 3. The smallest absolute Gasteiger partial charge is 0.396 e. The Bertz CT molecular complexity index is 1550. The number of anilines is 1. The van der Waals surface area contributed by atoms with Gasteiger partial charge in [0.05, 0.1) is 28.3 Å². The number of aromatic nitrogens is 2. The summed E-state index contributed by atoms with van der Waals surface area (Å²) in [5, 5.41) is 4.95. The van der Waals surface area contributed by atoms with Gasteiger partial charge in [-0.05, 0) is 60.2 Å². The number of para-hydroxylation sites is 1. The molecule has 2 N–H and O–H groups in total. The van der Waals surface area contributed by atoms with Crippen LogP contribution in [-0.4, -0.2) is 21.2 Å². The molecule has 4 aromatic rings. The fraction of sp³-hybridized carbons (Fsp3) is 0.323. The molecule has 0 saturated heterocycles. The van der Waals surface area contributed by atoms with Gasteiger partial charge >= 0.3 is 6.18 Å². The number of aryl methyl sites for hydroxylation is 3. The Kier molecular flexibility index (Phi) is 7.44. The third-order valence-electron chi connectivity index (χ3n) is 7.70. The van der Waals surface area contributed by atoms with E-state index in [1.54, 1.807) is 11.6 Å². The van der Waals surface area contributed by atoms with Crippen molar-refractivity contribution in [1.82, 2.24) is 14.7 Å². The molecule has 40 heavy (non-hydrogen) atoms. The van der Waals surface area contributed by atoms with E-state index in [9.17, 15) is 17.6 Å². The first-order chi connectivity index (χ1) is 19.0. The zero-order valence-electron chi connectivity index (χ0n) is 22.7. The number of alkyl halides is 3. The van der Waals surface area contributed by atoms with Gasteiger partial charge in [0, 0.05) is 43.2 Å². The van der Waals surface area contributed by atoms with Crippen LogP contribution in [0.1, 0.15) is 52.9 Å². The minimum Gasteiger partial charge on any atom is -0.396 e. The van der Waals surface area contributed by atoms with E-state index in [1.165, 1.54) is 6.07 Å². The summed E-state index contributed by atoms with van der Waals surface area (Å²) in [7, 11) is 0. The maximum atomic E-state index is 15.5. The van der Waals surface area contributed by atoms with E-state index in [-0.39, 0.29) is 11.3 Å². The highest BCUT2D eigenvalue weighted by Crippen LogP contribution is 2.38. The number of hydrogen-bond acceptors (Lipinski definition) is 3. The lowest BCUT2D eigenvalue weighted by Gasteiger charge is -2.28. The number of hydrogen-bond donors (Lipinski definition) is 1. The molecule has 0 unspecified atom stereocenters. The van der Waals surface area contributed by atoms with E-state index in [1.807, 2.05) is 32.0 Å². The Morgan fingerprint density at radius 2 is 1.62 bits per heavy atom. The number of nitrogen functional groups attached to an aromatic ring is 1. The monoisotopic (exact) mass is 554 g/mol. The Morgan fingerprint density at radius 1 is 0.925 bits per heavy atom. The Hall–Kier alpha value is -3.72. The molecule has 0 radical (unpaired) electrons. The van der Waals surface area contributed by atoms with E-state index < -0.39 is 23.4 Å². The summed E-state index contributed by atoms with van der Waals surface area (Å²) in [6.45, 7) is 7.17. The zero-order chi connectivity index (χ0) is 28.8. The number of rotatable bonds is 6. The van der Waals surface area contributed by atoms with Gasteiger partial charge in [-0.3, -0.25) is 4.90 Å². The number of halogens is 5. The lowest BCUT2D eigenvalue weighted by molar-refractivity contribution is -0.137. The van der Waals surface area contributed by atoms with E-state index >= 15 is 4.39 Å². The molecule has 4 nitrogen and oxygen atoms in total. The SMILES string of the molecule is CCc1cccc(CC)c1-n1nc2c(c1-c1cc(F)c(N)cc1F)CN(Cc1ccc(C(F)(F)F)cc1C)CC2. The van der Waals surface area contributed by atoms with Gasteiger partial charge in [-0.25, -0.2) is 13.5 Å². The average Bonchev–Trinajstić information content (AvgIpc) is 3.28. The molecule has 0 atom stereocenters. The molecule has 1 aromatic heterocycles. The Balaban J connectivity index is 1.62. The summed E-state index contributed by atoms with van der Waals surface area (Å²) in [5.41, 5.74) is 11.1. The van der Waals surface area contributed by atoms with Crippen LogP contribution in [0, 0.1) is 18.6 Å².